The normalized spacial score (nSPS) is 22.9. The van der Waals surface area contributed by atoms with Gasteiger partial charge in [0, 0.05) is 36.0 Å². The van der Waals surface area contributed by atoms with Crippen LogP contribution in [0, 0.1) is 0 Å². The predicted molar refractivity (Wildman–Crippen MR) is 80.3 cm³/mol. The average molecular weight is 321 g/mol. The van der Waals surface area contributed by atoms with E-state index in [0.717, 1.165) is 32.5 Å². The van der Waals surface area contributed by atoms with Gasteiger partial charge in [-0.3, -0.25) is 4.68 Å². The van der Waals surface area contributed by atoms with Crippen LogP contribution < -0.4 is 15.8 Å². The highest BCUT2D eigenvalue weighted by atomic mass is 19.3. The van der Waals surface area contributed by atoms with E-state index in [0.29, 0.717) is 11.3 Å². The van der Waals surface area contributed by atoms with Gasteiger partial charge in [-0.2, -0.15) is 13.9 Å². The van der Waals surface area contributed by atoms with Gasteiger partial charge in [-0.1, -0.05) is 0 Å². The monoisotopic (exact) mass is 321 g/mol. The molecule has 3 N–H and O–H groups in total. The Bertz CT molecular complexity index is 739. The number of halogens is 2. The first-order valence-electron chi connectivity index (χ1n) is 7.57. The summed E-state index contributed by atoms with van der Waals surface area (Å²) in [5.74, 6) is -0.180. The molecule has 0 unspecified atom stereocenters. The molecule has 2 aliphatic heterocycles. The first-order valence-corrected chi connectivity index (χ1v) is 7.57. The number of aromatic nitrogens is 3. The minimum Gasteiger partial charge on any atom is -0.431 e. The van der Waals surface area contributed by atoms with Gasteiger partial charge >= 0.3 is 6.61 Å². The van der Waals surface area contributed by atoms with E-state index in [1.807, 2.05) is 10.7 Å². The molecule has 0 radical (unpaired) electrons. The minimum absolute atomic E-state index is 0.0581. The minimum atomic E-state index is -2.94. The lowest BCUT2D eigenvalue weighted by Crippen LogP contribution is -2.25. The molecule has 1 saturated heterocycles. The molecular formula is C15H17F2N5O. The first-order chi connectivity index (χ1) is 11.1. The van der Waals surface area contributed by atoms with E-state index >= 15 is 0 Å². The third-order valence-corrected chi connectivity index (χ3v) is 4.76. The van der Waals surface area contributed by atoms with E-state index < -0.39 is 6.61 Å². The van der Waals surface area contributed by atoms with Crippen molar-refractivity contribution in [3.8, 4) is 17.0 Å². The zero-order chi connectivity index (χ0) is 16.0. The quantitative estimate of drug-likeness (QED) is 0.901. The Morgan fingerprint density at radius 1 is 1.35 bits per heavy atom. The zero-order valence-corrected chi connectivity index (χ0v) is 12.4. The van der Waals surface area contributed by atoms with E-state index in [-0.39, 0.29) is 17.0 Å². The summed E-state index contributed by atoms with van der Waals surface area (Å²) in [4.78, 5) is 3.94. The van der Waals surface area contributed by atoms with Crippen LogP contribution in [0.25, 0.3) is 11.3 Å². The lowest BCUT2D eigenvalue weighted by Gasteiger charge is -2.20. The Hall–Kier alpha value is -2.22. The molecule has 0 bridgehead atoms. The van der Waals surface area contributed by atoms with E-state index in [9.17, 15) is 8.78 Å². The van der Waals surface area contributed by atoms with Crippen molar-refractivity contribution in [2.75, 3.05) is 18.8 Å². The number of fused-ring (bicyclic) bond motifs is 2. The molecule has 1 fully saturated rings. The number of hydrogen-bond donors (Lipinski definition) is 2. The summed E-state index contributed by atoms with van der Waals surface area (Å²) in [6, 6.07) is 3.49. The van der Waals surface area contributed by atoms with Gasteiger partial charge in [0.15, 0.2) is 11.6 Å². The van der Waals surface area contributed by atoms with Crippen molar-refractivity contribution in [1.82, 2.24) is 20.1 Å². The van der Waals surface area contributed by atoms with Crippen LogP contribution >= 0.6 is 0 Å². The van der Waals surface area contributed by atoms with Gasteiger partial charge in [-0.25, -0.2) is 4.98 Å². The highest BCUT2D eigenvalue weighted by Crippen LogP contribution is 2.41. The number of nitrogen functional groups attached to an aromatic ring is 1. The molecule has 1 spiro atoms. The maximum absolute atomic E-state index is 12.4. The fourth-order valence-electron chi connectivity index (χ4n) is 3.56. The fraction of sp³-hybridized carbons (Fsp3) is 0.467. The Morgan fingerprint density at radius 2 is 2.22 bits per heavy atom. The van der Waals surface area contributed by atoms with Crippen LogP contribution in [-0.2, 0) is 12.0 Å². The van der Waals surface area contributed by atoms with E-state index in [1.165, 1.54) is 18.0 Å². The number of aryl methyl sites for hydroxylation is 1. The molecule has 4 heterocycles. The number of alkyl halides is 2. The lowest BCUT2D eigenvalue weighted by atomic mass is 9.82. The van der Waals surface area contributed by atoms with Crippen LogP contribution in [0.15, 0.2) is 18.3 Å². The highest BCUT2D eigenvalue weighted by Gasteiger charge is 2.42. The number of hydrogen-bond acceptors (Lipinski definition) is 5. The average Bonchev–Trinajstić information content (AvgIpc) is 3.20. The Labute approximate surface area is 131 Å². The van der Waals surface area contributed by atoms with Gasteiger partial charge in [0.25, 0.3) is 0 Å². The molecular weight excluding hydrogens is 304 g/mol. The molecule has 1 atom stereocenters. The number of nitrogens with one attached hydrogen (secondary N) is 1. The molecule has 2 aromatic heterocycles. The number of ether oxygens (including phenoxy) is 1. The van der Waals surface area contributed by atoms with Crippen molar-refractivity contribution >= 4 is 5.82 Å². The van der Waals surface area contributed by atoms with Gasteiger partial charge < -0.3 is 15.8 Å². The third-order valence-electron chi connectivity index (χ3n) is 4.76. The maximum Gasteiger partial charge on any atom is 0.387 e. The molecule has 0 saturated carbocycles. The summed E-state index contributed by atoms with van der Waals surface area (Å²) in [6.45, 7) is -0.0947. The van der Waals surface area contributed by atoms with Crippen LogP contribution in [0.1, 0.15) is 18.5 Å². The van der Waals surface area contributed by atoms with Gasteiger partial charge in [-0.05, 0) is 31.5 Å². The van der Waals surface area contributed by atoms with Crippen molar-refractivity contribution in [3.05, 3.63) is 24.0 Å². The van der Waals surface area contributed by atoms with Gasteiger partial charge in [0.05, 0.1) is 5.69 Å². The molecule has 122 valence electrons. The molecule has 23 heavy (non-hydrogen) atoms. The second-order valence-corrected chi connectivity index (χ2v) is 6.08. The van der Waals surface area contributed by atoms with Crippen molar-refractivity contribution in [3.63, 3.8) is 0 Å². The lowest BCUT2D eigenvalue weighted by molar-refractivity contribution is -0.0494. The van der Waals surface area contributed by atoms with E-state index in [1.54, 1.807) is 0 Å². The number of nitrogens with two attached hydrogens (primary N) is 1. The maximum atomic E-state index is 12.4. The molecule has 0 aromatic carbocycles. The van der Waals surface area contributed by atoms with Crippen molar-refractivity contribution in [2.24, 2.45) is 0 Å². The zero-order valence-electron chi connectivity index (χ0n) is 12.4. The van der Waals surface area contributed by atoms with Crippen LogP contribution in [0.4, 0.5) is 14.6 Å². The summed E-state index contributed by atoms with van der Waals surface area (Å²) >= 11 is 0. The predicted octanol–water partition coefficient (Wildman–Crippen LogP) is 1.76. The Morgan fingerprint density at radius 3 is 2.96 bits per heavy atom. The summed E-state index contributed by atoms with van der Waals surface area (Å²) in [5.41, 5.74) is 8.26. The first kappa shape index (κ1) is 14.4. The smallest absolute Gasteiger partial charge is 0.387 e. The molecule has 0 aliphatic carbocycles. The fourth-order valence-corrected chi connectivity index (χ4v) is 3.56. The van der Waals surface area contributed by atoms with Crippen LogP contribution in [0.5, 0.6) is 5.75 Å². The second-order valence-electron chi connectivity index (χ2n) is 6.08. The van der Waals surface area contributed by atoms with Crippen LogP contribution in [0.3, 0.4) is 0 Å². The summed E-state index contributed by atoms with van der Waals surface area (Å²) in [7, 11) is 0. The molecule has 0 amide bonds. The van der Waals surface area contributed by atoms with Gasteiger partial charge in [-0.15, -0.1) is 0 Å². The van der Waals surface area contributed by atoms with Crippen LogP contribution in [-0.4, -0.2) is 34.5 Å². The Kier molecular flexibility index (Phi) is 3.22. The largest absolute Gasteiger partial charge is 0.431 e. The number of rotatable bonds is 3. The highest BCUT2D eigenvalue weighted by molar-refractivity contribution is 5.64. The topological polar surface area (TPSA) is 78.0 Å². The van der Waals surface area contributed by atoms with Gasteiger partial charge in [0.1, 0.15) is 0 Å². The van der Waals surface area contributed by atoms with E-state index in [2.05, 4.69) is 20.1 Å². The summed E-state index contributed by atoms with van der Waals surface area (Å²) in [5, 5.41) is 8.00. The molecule has 2 aliphatic rings. The summed E-state index contributed by atoms with van der Waals surface area (Å²) in [6.07, 6.45) is 3.71. The van der Waals surface area contributed by atoms with Crippen molar-refractivity contribution < 1.29 is 13.5 Å². The number of anilines is 1. The number of pyridine rings is 1. The molecule has 2 aromatic rings. The second kappa shape index (κ2) is 5.16. The molecule has 6 nitrogen and oxygen atoms in total. The van der Waals surface area contributed by atoms with Crippen LogP contribution in [0.2, 0.25) is 0 Å². The Balaban J connectivity index is 1.70. The van der Waals surface area contributed by atoms with Crippen molar-refractivity contribution in [1.29, 1.82) is 0 Å². The SMILES string of the molecule is Nc1ncc(-c2cc3n(n2)CC[C@@]32CCNC2)cc1OC(F)F. The molecule has 8 heteroatoms. The molecule has 4 rings (SSSR count). The third kappa shape index (κ3) is 2.33. The summed E-state index contributed by atoms with van der Waals surface area (Å²) < 4.78 is 31.3. The number of nitrogens with zero attached hydrogens (tertiary/aromatic N) is 3. The van der Waals surface area contributed by atoms with Gasteiger partial charge in [0.2, 0.25) is 0 Å². The standard InChI is InChI=1S/C15H17F2N5O/c16-14(17)23-11-5-9(7-20-13(11)18)10-6-12-15(1-3-19-8-15)2-4-22(12)21-10/h5-7,14,19H,1-4,8H2,(H2,18,20)/t15-/m1/s1. The van der Waals surface area contributed by atoms with Crippen molar-refractivity contribution in [2.45, 2.75) is 31.4 Å². The van der Waals surface area contributed by atoms with E-state index in [4.69, 9.17) is 5.73 Å².